The van der Waals surface area contributed by atoms with Crippen molar-refractivity contribution in [2.24, 2.45) is 0 Å². The van der Waals surface area contributed by atoms with Crippen LogP contribution in [-0.4, -0.2) is 18.0 Å². The standard InChI is InChI=1S/C15H10F6N2O2/c1-25-12-7-9(4-5-22-12)23-13(24)10-3-2-8(14(16,17)18)6-11(10)15(19,20)21/h2-7H,1H3,(H,22,23,24). The average Bonchev–Trinajstić information content (AvgIpc) is 2.52. The van der Waals surface area contributed by atoms with Crippen molar-refractivity contribution >= 4 is 11.6 Å². The molecule has 0 aliphatic rings. The van der Waals surface area contributed by atoms with Crippen molar-refractivity contribution in [1.82, 2.24) is 4.98 Å². The number of nitrogens with one attached hydrogen (secondary N) is 1. The van der Waals surface area contributed by atoms with E-state index in [1.165, 1.54) is 25.4 Å². The van der Waals surface area contributed by atoms with Crippen LogP contribution < -0.4 is 10.1 Å². The lowest BCUT2D eigenvalue weighted by atomic mass is 10.0. The lowest BCUT2D eigenvalue weighted by Crippen LogP contribution is -2.20. The quantitative estimate of drug-likeness (QED) is 0.823. The van der Waals surface area contributed by atoms with Crippen LogP contribution in [-0.2, 0) is 12.4 Å². The number of methoxy groups -OCH3 is 1. The number of hydrogen-bond acceptors (Lipinski definition) is 3. The molecule has 0 spiro atoms. The van der Waals surface area contributed by atoms with Crippen LogP contribution in [0.3, 0.4) is 0 Å². The smallest absolute Gasteiger partial charge is 0.417 e. The molecule has 1 amide bonds. The van der Waals surface area contributed by atoms with Crippen LogP contribution >= 0.6 is 0 Å². The first kappa shape index (κ1) is 18.6. The molecule has 1 heterocycles. The van der Waals surface area contributed by atoms with Gasteiger partial charge in [-0.2, -0.15) is 26.3 Å². The first-order valence-electron chi connectivity index (χ1n) is 6.62. The molecule has 4 nitrogen and oxygen atoms in total. The van der Waals surface area contributed by atoms with Gasteiger partial charge in [0.15, 0.2) is 0 Å². The third kappa shape index (κ3) is 4.40. The number of hydrogen-bond donors (Lipinski definition) is 1. The van der Waals surface area contributed by atoms with Gasteiger partial charge >= 0.3 is 12.4 Å². The molecule has 10 heteroatoms. The Labute approximate surface area is 137 Å². The Hall–Kier alpha value is -2.78. The number of benzene rings is 1. The molecular weight excluding hydrogens is 354 g/mol. The number of halogens is 6. The SMILES string of the molecule is COc1cc(NC(=O)c2ccc(C(F)(F)F)cc2C(F)(F)F)ccn1. The zero-order chi connectivity index (χ0) is 18.8. The molecule has 2 rings (SSSR count). The van der Waals surface area contributed by atoms with Gasteiger partial charge in [-0.1, -0.05) is 0 Å². The molecular formula is C15H10F6N2O2. The fourth-order valence-electron chi connectivity index (χ4n) is 1.95. The van der Waals surface area contributed by atoms with E-state index in [1.807, 2.05) is 0 Å². The second-order valence-electron chi connectivity index (χ2n) is 4.80. The van der Waals surface area contributed by atoms with E-state index < -0.39 is 35.0 Å². The largest absolute Gasteiger partial charge is 0.481 e. The highest BCUT2D eigenvalue weighted by atomic mass is 19.4. The lowest BCUT2D eigenvalue weighted by molar-refractivity contribution is -0.143. The monoisotopic (exact) mass is 364 g/mol. The Morgan fingerprint density at radius 2 is 1.72 bits per heavy atom. The van der Waals surface area contributed by atoms with Crippen molar-refractivity contribution in [3.05, 3.63) is 53.2 Å². The number of anilines is 1. The first-order valence-corrected chi connectivity index (χ1v) is 6.62. The maximum atomic E-state index is 13.1. The van der Waals surface area contributed by atoms with E-state index in [0.717, 1.165) is 0 Å². The average molecular weight is 364 g/mol. The number of pyridine rings is 1. The minimum atomic E-state index is -5.14. The molecule has 0 atom stereocenters. The molecule has 0 aliphatic heterocycles. The summed E-state index contributed by atoms with van der Waals surface area (Å²) < 4.78 is 81.9. The molecule has 0 saturated carbocycles. The Morgan fingerprint density at radius 1 is 1.04 bits per heavy atom. The van der Waals surface area contributed by atoms with E-state index in [9.17, 15) is 31.1 Å². The summed E-state index contributed by atoms with van der Waals surface area (Å²) in [6.45, 7) is 0. The van der Waals surface area contributed by atoms with E-state index in [1.54, 1.807) is 0 Å². The maximum Gasteiger partial charge on any atom is 0.417 e. The molecule has 1 aromatic heterocycles. The summed E-state index contributed by atoms with van der Waals surface area (Å²) in [5.74, 6) is -1.12. The molecule has 0 saturated heterocycles. The fraction of sp³-hybridized carbons (Fsp3) is 0.200. The van der Waals surface area contributed by atoms with Gasteiger partial charge in [0.25, 0.3) is 5.91 Å². The predicted octanol–water partition coefficient (Wildman–Crippen LogP) is 4.38. The van der Waals surface area contributed by atoms with Gasteiger partial charge in [0.2, 0.25) is 5.88 Å². The highest BCUT2D eigenvalue weighted by Gasteiger charge is 2.39. The summed E-state index contributed by atoms with van der Waals surface area (Å²) >= 11 is 0. The number of aromatic nitrogens is 1. The van der Waals surface area contributed by atoms with Gasteiger partial charge in [-0.3, -0.25) is 4.79 Å². The van der Waals surface area contributed by atoms with Crippen LogP contribution in [0, 0.1) is 0 Å². The van der Waals surface area contributed by atoms with Crippen LogP contribution in [0.15, 0.2) is 36.5 Å². The minimum absolute atomic E-state index is 0.0740. The Balaban J connectivity index is 2.41. The predicted molar refractivity (Wildman–Crippen MR) is 75.2 cm³/mol. The van der Waals surface area contributed by atoms with Crippen molar-refractivity contribution < 1.29 is 35.9 Å². The first-order chi connectivity index (χ1) is 11.5. The number of rotatable bonds is 3. The van der Waals surface area contributed by atoms with Crippen molar-refractivity contribution in [1.29, 1.82) is 0 Å². The zero-order valence-electron chi connectivity index (χ0n) is 12.5. The topological polar surface area (TPSA) is 51.2 Å². The van der Waals surface area contributed by atoms with Crippen molar-refractivity contribution in [3.8, 4) is 5.88 Å². The van der Waals surface area contributed by atoms with Crippen LogP contribution in [0.2, 0.25) is 0 Å². The van der Waals surface area contributed by atoms with Gasteiger partial charge < -0.3 is 10.1 Å². The van der Waals surface area contributed by atoms with Gasteiger partial charge in [-0.05, 0) is 24.3 Å². The number of amides is 1. The number of carbonyl (C=O) groups is 1. The Kier molecular flexibility index (Phi) is 4.91. The van der Waals surface area contributed by atoms with E-state index in [2.05, 4.69) is 10.3 Å². The van der Waals surface area contributed by atoms with Gasteiger partial charge in [-0.25, -0.2) is 4.98 Å². The molecule has 25 heavy (non-hydrogen) atoms. The van der Waals surface area contributed by atoms with Crippen LogP contribution in [0.4, 0.5) is 32.0 Å². The van der Waals surface area contributed by atoms with Crippen molar-refractivity contribution in [3.63, 3.8) is 0 Å². The minimum Gasteiger partial charge on any atom is -0.481 e. The molecule has 134 valence electrons. The van der Waals surface area contributed by atoms with E-state index in [-0.39, 0.29) is 17.6 Å². The van der Waals surface area contributed by atoms with Gasteiger partial charge in [0, 0.05) is 18.0 Å². The number of carbonyl (C=O) groups excluding carboxylic acids is 1. The van der Waals surface area contributed by atoms with Crippen LogP contribution in [0.1, 0.15) is 21.5 Å². The molecule has 1 N–H and O–H groups in total. The van der Waals surface area contributed by atoms with Crippen LogP contribution in [0.5, 0.6) is 5.88 Å². The maximum absolute atomic E-state index is 13.1. The molecule has 0 aliphatic carbocycles. The molecule has 1 aromatic carbocycles. The fourth-order valence-corrected chi connectivity index (χ4v) is 1.95. The summed E-state index contributed by atoms with van der Waals surface area (Å²) in [7, 11) is 1.30. The number of nitrogens with zero attached hydrogens (tertiary/aromatic N) is 1. The molecule has 0 fully saturated rings. The van der Waals surface area contributed by atoms with Crippen LogP contribution in [0.25, 0.3) is 0 Å². The highest BCUT2D eigenvalue weighted by Crippen LogP contribution is 2.37. The normalized spacial score (nSPS) is 12.0. The lowest BCUT2D eigenvalue weighted by Gasteiger charge is -2.16. The Bertz CT molecular complexity index is 786. The van der Waals surface area contributed by atoms with Gasteiger partial charge in [0.1, 0.15) is 0 Å². The summed E-state index contributed by atoms with van der Waals surface area (Å²) in [6.07, 6.45) is -8.86. The van der Waals surface area contributed by atoms with Crippen molar-refractivity contribution in [2.75, 3.05) is 12.4 Å². The Morgan fingerprint density at radius 3 is 2.28 bits per heavy atom. The summed E-state index contributed by atoms with van der Waals surface area (Å²) in [5.41, 5.74) is -4.04. The van der Waals surface area contributed by atoms with Gasteiger partial charge in [0.05, 0.1) is 23.8 Å². The van der Waals surface area contributed by atoms with E-state index >= 15 is 0 Å². The van der Waals surface area contributed by atoms with E-state index in [4.69, 9.17) is 4.74 Å². The summed E-state index contributed by atoms with van der Waals surface area (Å²) in [6, 6.07) is 3.34. The van der Waals surface area contributed by atoms with Crippen molar-refractivity contribution in [2.45, 2.75) is 12.4 Å². The number of ether oxygens (including phenoxy) is 1. The number of alkyl halides is 6. The molecule has 2 aromatic rings. The molecule has 0 bridgehead atoms. The zero-order valence-corrected chi connectivity index (χ0v) is 12.5. The second kappa shape index (κ2) is 6.61. The molecule has 0 radical (unpaired) electrons. The molecule has 0 unspecified atom stereocenters. The second-order valence-corrected chi connectivity index (χ2v) is 4.80. The summed E-state index contributed by atoms with van der Waals surface area (Å²) in [4.78, 5) is 15.8. The summed E-state index contributed by atoms with van der Waals surface area (Å²) in [5, 5.41) is 2.16. The third-order valence-corrected chi connectivity index (χ3v) is 3.10. The third-order valence-electron chi connectivity index (χ3n) is 3.10. The van der Waals surface area contributed by atoms with E-state index in [0.29, 0.717) is 12.1 Å². The highest BCUT2D eigenvalue weighted by molar-refractivity contribution is 6.05. The van der Waals surface area contributed by atoms with Gasteiger partial charge in [-0.15, -0.1) is 0 Å².